The number of rotatable bonds is 7. The summed E-state index contributed by atoms with van der Waals surface area (Å²) in [7, 11) is 0. The van der Waals surface area contributed by atoms with Gasteiger partial charge in [0.05, 0.1) is 0 Å². The molecule has 0 bridgehead atoms. The molecule has 0 aliphatic rings. The predicted octanol–water partition coefficient (Wildman–Crippen LogP) is 4.68. The Morgan fingerprint density at radius 2 is 1.79 bits per heavy atom. The maximum absolute atomic E-state index is 10.7. The van der Waals surface area contributed by atoms with E-state index < -0.39 is 0 Å². The number of aldehydes is 1. The van der Waals surface area contributed by atoms with Gasteiger partial charge in [-0.3, -0.25) is 4.79 Å². The lowest BCUT2D eigenvalue weighted by Gasteiger charge is -2.14. The molecule has 1 aromatic heterocycles. The maximum atomic E-state index is 10.7. The zero-order chi connectivity index (χ0) is 16.8. The SMILES string of the molecule is CCCC(Cc1nnc(-c2ccc(C=O)cc2)o1)c1ccccc1. The van der Waals surface area contributed by atoms with Gasteiger partial charge in [-0.2, -0.15) is 0 Å². The van der Waals surface area contributed by atoms with Crippen LogP contribution in [0.5, 0.6) is 0 Å². The van der Waals surface area contributed by atoms with Gasteiger partial charge in [-0.15, -0.1) is 10.2 Å². The first kappa shape index (κ1) is 16.1. The van der Waals surface area contributed by atoms with Gasteiger partial charge in [0.1, 0.15) is 6.29 Å². The van der Waals surface area contributed by atoms with E-state index in [4.69, 9.17) is 4.42 Å². The lowest BCUT2D eigenvalue weighted by molar-refractivity contribution is 0.112. The summed E-state index contributed by atoms with van der Waals surface area (Å²) in [5.74, 6) is 1.51. The van der Waals surface area contributed by atoms with Crippen LogP contribution in [-0.2, 0) is 6.42 Å². The van der Waals surface area contributed by atoms with Crippen molar-refractivity contribution >= 4 is 6.29 Å². The number of carbonyl (C=O) groups excluding carboxylic acids is 1. The van der Waals surface area contributed by atoms with Gasteiger partial charge in [0, 0.05) is 17.5 Å². The molecule has 3 rings (SSSR count). The summed E-state index contributed by atoms with van der Waals surface area (Å²) in [6.45, 7) is 2.18. The zero-order valence-electron chi connectivity index (χ0n) is 13.7. The van der Waals surface area contributed by atoms with Gasteiger partial charge in [0.15, 0.2) is 0 Å². The van der Waals surface area contributed by atoms with Gasteiger partial charge in [0.2, 0.25) is 11.8 Å². The number of benzene rings is 2. The number of hydrogen-bond acceptors (Lipinski definition) is 4. The quantitative estimate of drug-likeness (QED) is 0.593. The van der Waals surface area contributed by atoms with Crippen LogP contribution in [0, 0.1) is 0 Å². The molecule has 24 heavy (non-hydrogen) atoms. The van der Waals surface area contributed by atoms with Crippen molar-refractivity contribution in [2.45, 2.75) is 32.1 Å². The molecule has 0 saturated carbocycles. The third kappa shape index (κ3) is 3.77. The van der Waals surface area contributed by atoms with Crippen molar-refractivity contribution in [1.82, 2.24) is 10.2 Å². The van der Waals surface area contributed by atoms with E-state index in [1.807, 2.05) is 18.2 Å². The van der Waals surface area contributed by atoms with Crippen LogP contribution in [0.25, 0.3) is 11.5 Å². The molecule has 1 unspecified atom stereocenters. The minimum Gasteiger partial charge on any atom is -0.421 e. The molecular formula is C20H20N2O2. The highest BCUT2D eigenvalue weighted by atomic mass is 16.4. The fraction of sp³-hybridized carbons (Fsp3) is 0.250. The fourth-order valence-corrected chi connectivity index (χ4v) is 2.83. The molecule has 0 aliphatic carbocycles. The van der Waals surface area contributed by atoms with Crippen molar-refractivity contribution in [3.05, 3.63) is 71.6 Å². The van der Waals surface area contributed by atoms with E-state index in [1.54, 1.807) is 12.1 Å². The number of carbonyl (C=O) groups is 1. The molecule has 1 heterocycles. The minimum atomic E-state index is 0.377. The van der Waals surface area contributed by atoms with Gasteiger partial charge >= 0.3 is 0 Å². The lowest BCUT2D eigenvalue weighted by atomic mass is 9.91. The Balaban J connectivity index is 1.77. The maximum Gasteiger partial charge on any atom is 0.247 e. The van der Waals surface area contributed by atoms with Gasteiger partial charge in [-0.1, -0.05) is 55.8 Å². The summed E-state index contributed by atoms with van der Waals surface area (Å²) < 4.78 is 5.83. The monoisotopic (exact) mass is 320 g/mol. The summed E-state index contributed by atoms with van der Waals surface area (Å²) in [6.07, 6.45) is 3.74. The van der Waals surface area contributed by atoms with Crippen LogP contribution in [0.2, 0.25) is 0 Å². The Morgan fingerprint density at radius 3 is 2.46 bits per heavy atom. The van der Waals surface area contributed by atoms with E-state index in [9.17, 15) is 4.79 Å². The van der Waals surface area contributed by atoms with Crippen molar-refractivity contribution in [2.75, 3.05) is 0 Å². The smallest absolute Gasteiger partial charge is 0.247 e. The van der Waals surface area contributed by atoms with E-state index in [-0.39, 0.29) is 0 Å². The summed E-state index contributed by atoms with van der Waals surface area (Å²) in [6, 6.07) is 17.6. The predicted molar refractivity (Wildman–Crippen MR) is 92.9 cm³/mol. The topological polar surface area (TPSA) is 56.0 Å². The Labute approximate surface area is 141 Å². The molecule has 4 heteroatoms. The van der Waals surface area contributed by atoms with Crippen LogP contribution in [-0.4, -0.2) is 16.5 Å². The van der Waals surface area contributed by atoms with Gasteiger partial charge in [-0.05, 0) is 30.0 Å². The molecule has 0 amide bonds. The van der Waals surface area contributed by atoms with Crippen molar-refractivity contribution in [3.8, 4) is 11.5 Å². The number of nitrogens with zero attached hydrogens (tertiary/aromatic N) is 2. The second-order valence-corrected chi connectivity index (χ2v) is 5.84. The molecule has 2 aromatic carbocycles. The van der Waals surface area contributed by atoms with Crippen molar-refractivity contribution in [1.29, 1.82) is 0 Å². The van der Waals surface area contributed by atoms with Crippen LogP contribution in [0.15, 0.2) is 59.0 Å². The molecule has 0 spiro atoms. The first-order valence-electron chi connectivity index (χ1n) is 8.23. The molecule has 4 nitrogen and oxygen atoms in total. The highest BCUT2D eigenvalue weighted by molar-refractivity contribution is 5.75. The fourth-order valence-electron chi connectivity index (χ4n) is 2.83. The summed E-state index contributed by atoms with van der Waals surface area (Å²) >= 11 is 0. The summed E-state index contributed by atoms with van der Waals surface area (Å²) in [4.78, 5) is 10.7. The normalized spacial score (nSPS) is 12.0. The van der Waals surface area contributed by atoms with Crippen LogP contribution < -0.4 is 0 Å². The molecule has 0 saturated heterocycles. The van der Waals surface area contributed by atoms with Crippen molar-refractivity contribution in [2.24, 2.45) is 0 Å². The second-order valence-electron chi connectivity index (χ2n) is 5.84. The Hall–Kier alpha value is -2.75. The van der Waals surface area contributed by atoms with E-state index in [1.165, 1.54) is 5.56 Å². The van der Waals surface area contributed by atoms with Crippen LogP contribution >= 0.6 is 0 Å². The average molecular weight is 320 g/mol. The third-order valence-corrected chi connectivity index (χ3v) is 4.09. The van der Waals surface area contributed by atoms with E-state index in [0.717, 1.165) is 31.1 Å². The molecule has 0 N–H and O–H groups in total. The van der Waals surface area contributed by atoms with Gasteiger partial charge in [0.25, 0.3) is 0 Å². The zero-order valence-corrected chi connectivity index (χ0v) is 13.7. The first-order valence-corrected chi connectivity index (χ1v) is 8.23. The Morgan fingerprint density at radius 1 is 1.04 bits per heavy atom. The molecular weight excluding hydrogens is 300 g/mol. The third-order valence-electron chi connectivity index (χ3n) is 4.09. The van der Waals surface area contributed by atoms with Gasteiger partial charge < -0.3 is 4.42 Å². The molecule has 0 aliphatic heterocycles. The van der Waals surface area contributed by atoms with Crippen molar-refractivity contribution in [3.63, 3.8) is 0 Å². The van der Waals surface area contributed by atoms with Crippen molar-refractivity contribution < 1.29 is 9.21 Å². The Bertz CT molecular complexity index is 779. The summed E-state index contributed by atoms with van der Waals surface area (Å²) in [5, 5.41) is 8.34. The van der Waals surface area contributed by atoms with Crippen LogP contribution in [0.4, 0.5) is 0 Å². The molecule has 0 radical (unpaired) electrons. The lowest BCUT2D eigenvalue weighted by Crippen LogP contribution is -2.03. The second kappa shape index (κ2) is 7.68. The molecule has 0 fully saturated rings. The van der Waals surface area contributed by atoms with Crippen LogP contribution in [0.1, 0.15) is 47.5 Å². The number of aromatic nitrogens is 2. The van der Waals surface area contributed by atoms with Crippen LogP contribution in [0.3, 0.4) is 0 Å². The highest BCUT2D eigenvalue weighted by Crippen LogP contribution is 2.26. The molecule has 122 valence electrons. The largest absolute Gasteiger partial charge is 0.421 e. The van der Waals surface area contributed by atoms with E-state index in [2.05, 4.69) is 41.4 Å². The summed E-state index contributed by atoms with van der Waals surface area (Å²) in [5.41, 5.74) is 2.76. The Kier molecular flexibility index (Phi) is 5.16. The molecule has 1 atom stereocenters. The van der Waals surface area contributed by atoms with E-state index in [0.29, 0.717) is 23.3 Å². The molecule has 3 aromatic rings. The minimum absolute atomic E-state index is 0.377. The highest BCUT2D eigenvalue weighted by Gasteiger charge is 2.16. The first-order chi connectivity index (χ1) is 11.8. The van der Waals surface area contributed by atoms with E-state index >= 15 is 0 Å². The van der Waals surface area contributed by atoms with Gasteiger partial charge in [-0.25, -0.2) is 0 Å². The standard InChI is InChI=1S/C20H20N2O2/c1-2-6-18(16-7-4-3-5-8-16)13-19-21-22-20(24-19)17-11-9-15(14-23)10-12-17/h3-5,7-12,14,18H,2,6,13H2,1H3. The average Bonchev–Trinajstić information content (AvgIpc) is 3.11. The number of hydrogen-bond donors (Lipinski definition) is 0.